The normalized spacial score (nSPS) is 26.5. The second-order valence-corrected chi connectivity index (χ2v) is 8.66. The van der Waals surface area contributed by atoms with Crippen molar-refractivity contribution in [2.24, 2.45) is 21.6 Å². The fourth-order valence-electron chi connectivity index (χ4n) is 4.47. The molecule has 31 heavy (non-hydrogen) atoms. The molecule has 0 bridgehead atoms. The van der Waals surface area contributed by atoms with E-state index in [1.165, 1.54) is 17.5 Å². The average molecular weight is 421 g/mol. The lowest BCUT2D eigenvalue weighted by atomic mass is 9.97. The Morgan fingerprint density at radius 2 is 2.06 bits per heavy atom. The number of ether oxygens (including phenoxy) is 1. The van der Waals surface area contributed by atoms with Gasteiger partial charge in [-0.15, -0.1) is 0 Å². The van der Waals surface area contributed by atoms with Crippen molar-refractivity contribution in [1.29, 1.82) is 0 Å². The molecule has 4 rings (SSSR count). The van der Waals surface area contributed by atoms with Crippen LogP contribution in [0.25, 0.3) is 22.2 Å². The van der Waals surface area contributed by atoms with Gasteiger partial charge in [0.25, 0.3) is 0 Å². The van der Waals surface area contributed by atoms with Crippen molar-refractivity contribution in [2.75, 3.05) is 19.6 Å². The highest BCUT2D eigenvalue weighted by molar-refractivity contribution is 5.94. The second-order valence-electron chi connectivity index (χ2n) is 8.66. The van der Waals surface area contributed by atoms with E-state index in [0.29, 0.717) is 12.5 Å². The molecule has 1 aromatic heterocycles. The lowest BCUT2D eigenvalue weighted by Gasteiger charge is -2.38. The molecule has 2 aliphatic rings. The van der Waals surface area contributed by atoms with Crippen molar-refractivity contribution in [2.45, 2.75) is 45.9 Å². The number of aromatic amines is 1. The van der Waals surface area contributed by atoms with E-state index in [4.69, 9.17) is 10.5 Å². The van der Waals surface area contributed by atoms with Crippen LogP contribution in [0.5, 0.6) is 0 Å². The summed E-state index contributed by atoms with van der Waals surface area (Å²) in [7, 11) is 0. The van der Waals surface area contributed by atoms with E-state index in [9.17, 15) is 0 Å². The predicted molar refractivity (Wildman–Crippen MR) is 128 cm³/mol. The highest BCUT2D eigenvalue weighted by atomic mass is 16.5. The number of hydrogen-bond acceptors (Lipinski definition) is 5. The van der Waals surface area contributed by atoms with E-state index in [0.717, 1.165) is 35.4 Å². The van der Waals surface area contributed by atoms with Crippen LogP contribution in [0.2, 0.25) is 0 Å². The number of benzene rings is 1. The molecule has 0 spiro atoms. The summed E-state index contributed by atoms with van der Waals surface area (Å²) in [5.74, 6) is 0.347. The Morgan fingerprint density at radius 3 is 2.77 bits per heavy atom. The number of H-pyrrole nitrogens is 1. The molecule has 0 amide bonds. The van der Waals surface area contributed by atoms with E-state index in [2.05, 4.69) is 83.1 Å². The number of aliphatic imine (C=N–C) groups is 2. The van der Waals surface area contributed by atoms with Crippen molar-refractivity contribution >= 4 is 34.7 Å². The topological polar surface area (TPSA) is 91.9 Å². The van der Waals surface area contributed by atoms with E-state index >= 15 is 0 Å². The van der Waals surface area contributed by atoms with Gasteiger partial charge in [0.05, 0.1) is 36.3 Å². The van der Waals surface area contributed by atoms with Crippen LogP contribution < -0.4 is 5.73 Å². The summed E-state index contributed by atoms with van der Waals surface area (Å²) in [5, 5.41) is 8.77. The largest absolute Gasteiger partial charge is 0.390 e. The van der Waals surface area contributed by atoms with Crippen LogP contribution in [0, 0.1) is 5.92 Å². The summed E-state index contributed by atoms with van der Waals surface area (Å²) in [6, 6.07) is 6.55. The summed E-state index contributed by atoms with van der Waals surface area (Å²) in [4.78, 5) is 11.4. The van der Waals surface area contributed by atoms with E-state index in [1.807, 2.05) is 6.21 Å². The zero-order valence-electron chi connectivity index (χ0n) is 18.7. The minimum atomic E-state index is 0.179. The van der Waals surface area contributed by atoms with Crippen LogP contribution in [0.4, 0.5) is 0 Å². The highest BCUT2D eigenvalue weighted by Gasteiger charge is 2.25. The maximum Gasteiger partial charge on any atom is 0.118 e. The van der Waals surface area contributed by atoms with Gasteiger partial charge in [-0.1, -0.05) is 19.1 Å². The van der Waals surface area contributed by atoms with Crippen molar-refractivity contribution in [1.82, 2.24) is 15.1 Å². The van der Waals surface area contributed by atoms with Gasteiger partial charge in [-0.3, -0.25) is 15.0 Å². The van der Waals surface area contributed by atoms with Gasteiger partial charge in [0, 0.05) is 36.7 Å². The third kappa shape index (κ3) is 4.78. The van der Waals surface area contributed by atoms with Gasteiger partial charge in [-0.25, -0.2) is 4.99 Å². The van der Waals surface area contributed by atoms with Gasteiger partial charge >= 0.3 is 0 Å². The number of morpholine rings is 1. The summed E-state index contributed by atoms with van der Waals surface area (Å²) in [5.41, 5.74) is 10.7. The number of fused-ring (bicyclic) bond motifs is 1. The zero-order valence-corrected chi connectivity index (χ0v) is 18.7. The van der Waals surface area contributed by atoms with Crippen molar-refractivity contribution in [3.8, 4) is 0 Å². The number of nitrogens with two attached hydrogens (primary N) is 1. The van der Waals surface area contributed by atoms with Gasteiger partial charge < -0.3 is 10.5 Å². The number of hydrogen-bond donors (Lipinski definition) is 2. The van der Waals surface area contributed by atoms with Crippen LogP contribution in [-0.2, 0) is 4.74 Å². The Bertz CT molecular complexity index is 1040. The third-order valence-corrected chi connectivity index (χ3v) is 5.88. The first kappa shape index (κ1) is 21.5. The van der Waals surface area contributed by atoms with Crippen molar-refractivity contribution < 1.29 is 4.74 Å². The summed E-state index contributed by atoms with van der Waals surface area (Å²) in [6.45, 7) is 11.0. The molecule has 1 fully saturated rings. The molecule has 3 heterocycles. The smallest absolute Gasteiger partial charge is 0.118 e. The summed E-state index contributed by atoms with van der Waals surface area (Å²) >= 11 is 0. The van der Waals surface area contributed by atoms with E-state index < -0.39 is 0 Å². The van der Waals surface area contributed by atoms with Gasteiger partial charge in [-0.2, -0.15) is 5.10 Å². The van der Waals surface area contributed by atoms with E-state index in [1.54, 1.807) is 0 Å². The Kier molecular flexibility index (Phi) is 6.34. The van der Waals surface area contributed by atoms with Crippen LogP contribution in [0.3, 0.4) is 0 Å². The Labute approximate surface area is 183 Å². The van der Waals surface area contributed by atoms with Crippen molar-refractivity contribution in [3.05, 3.63) is 41.6 Å². The molecule has 2 aromatic rings. The third-order valence-electron chi connectivity index (χ3n) is 5.88. The predicted octanol–water partition coefficient (Wildman–Crippen LogP) is 3.49. The highest BCUT2D eigenvalue weighted by Crippen LogP contribution is 2.29. The molecule has 7 heteroatoms. The maximum atomic E-state index is 5.88. The number of dihydropyridines is 1. The maximum absolute atomic E-state index is 5.88. The minimum Gasteiger partial charge on any atom is -0.390 e. The first-order chi connectivity index (χ1) is 14.9. The molecule has 1 aromatic carbocycles. The standard InChI is InChI=1S/C24H32N6O/c1-15-7-20(11-26-10-15)19-5-6-22-21(9-19)24(29-28-22)23(27-14-25)8-16(2)30-12-17(3)31-18(4)13-30/h5-10,14-18H,11-13H2,1-4H3,(H2,25,27)(H,28,29)/b23-8-. The van der Waals surface area contributed by atoms with Crippen LogP contribution in [0.1, 0.15) is 39.0 Å². The molecule has 1 saturated heterocycles. The molecule has 0 saturated carbocycles. The molecule has 7 nitrogen and oxygen atoms in total. The first-order valence-corrected chi connectivity index (χ1v) is 11.0. The molecule has 4 unspecified atom stereocenters. The van der Waals surface area contributed by atoms with Crippen LogP contribution in [0.15, 0.2) is 40.3 Å². The van der Waals surface area contributed by atoms with Gasteiger partial charge in [0.1, 0.15) is 5.69 Å². The molecular weight excluding hydrogens is 388 g/mol. The lowest BCUT2D eigenvalue weighted by molar-refractivity contribution is -0.0735. The van der Waals surface area contributed by atoms with Crippen LogP contribution in [-0.4, -0.2) is 65.5 Å². The Balaban J connectivity index is 1.68. The fourth-order valence-corrected chi connectivity index (χ4v) is 4.47. The number of allylic oxidation sites excluding steroid dienone is 1. The van der Waals surface area contributed by atoms with Gasteiger partial charge in [0.15, 0.2) is 0 Å². The lowest BCUT2D eigenvalue weighted by Crippen LogP contribution is -2.48. The van der Waals surface area contributed by atoms with Crippen LogP contribution >= 0.6 is 0 Å². The molecule has 164 valence electrons. The molecular formula is C24H32N6O. The molecule has 2 aliphatic heterocycles. The SMILES string of the molecule is CC1C=NCC(c2ccc3[nH]nc(/C(=C/C(C)N4CC(C)OC(C)C4)N=CN)c3c2)=C1. The second kappa shape index (κ2) is 9.16. The fraction of sp³-hybridized carbons (Fsp3) is 0.458. The van der Waals surface area contributed by atoms with Crippen molar-refractivity contribution in [3.63, 3.8) is 0 Å². The molecule has 0 radical (unpaired) electrons. The summed E-state index contributed by atoms with van der Waals surface area (Å²) < 4.78 is 5.88. The summed E-state index contributed by atoms with van der Waals surface area (Å²) in [6.07, 6.45) is 8.17. The minimum absolute atomic E-state index is 0.179. The van der Waals surface area contributed by atoms with Gasteiger partial charge in [-0.05, 0) is 50.1 Å². The quantitative estimate of drug-likeness (QED) is 0.572. The molecule has 3 N–H and O–H groups in total. The monoisotopic (exact) mass is 420 g/mol. The Morgan fingerprint density at radius 1 is 1.29 bits per heavy atom. The zero-order chi connectivity index (χ0) is 22.0. The molecule has 4 atom stereocenters. The Hall–Kier alpha value is -2.77. The van der Waals surface area contributed by atoms with Gasteiger partial charge in [0.2, 0.25) is 0 Å². The number of rotatable bonds is 5. The first-order valence-electron chi connectivity index (χ1n) is 11.0. The molecule has 0 aliphatic carbocycles. The number of nitrogens with zero attached hydrogens (tertiary/aromatic N) is 4. The average Bonchev–Trinajstić information content (AvgIpc) is 3.16. The number of nitrogens with one attached hydrogen (secondary N) is 1. The van der Waals surface area contributed by atoms with E-state index in [-0.39, 0.29) is 18.2 Å². The number of aromatic nitrogens is 2.